The number of anilines is 1. The van der Waals surface area contributed by atoms with Gasteiger partial charge in [-0.15, -0.1) is 5.11 Å². The number of nitrogens with zero attached hydrogens (tertiary/aromatic N) is 10. The normalized spacial score (nSPS) is 15.5. The Balaban J connectivity index is 1.15. The highest BCUT2D eigenvalue weighted by Gasteiger charge is 2.33. The molecule has 1 aliphatic heterocycles. The highest BCUT2D eigenvalue weighted by Crippen LogP contribution is 2.31. The van der Waals surface area contributed by atoms with Crippen LogP contribution in [0.25, 0.3) is 11.0 Å². The fourth-order valence-electron chi connectivity index (χ4n) is 6.01. The monoisotopic (exact) mass is 758 g/mol. The molecule has 2 N–H and O–H groups in total. The number of aromatic hydroxyl groups is 1. The van der Waals surface area contributed by atoms with E-state index in [1.54, 1.807) is 49.5 Å². The van der Waals surface area contributed by atoms with Crippen LogP contribution in [0.15, 0.2) is 65.2 Å². The number of aromatic carboxylic acids is 1. The van der Waals surface area contributed by atoms with E-state index in [0.717, 1.165) is 6.42 Å². The van der Waals surface area contributed by atoms with Crippen LogP contribution in [0.1, 0.15) is 35.7 Å². The summed E-state index contributed by atoms with van der Waals surface area (Å²) >= 11 is 6.35. The lowest BCUT2D eigenvalue weighted by Gasteiger charge is -2.42. The molecule has 0 aliphatic carbocycles. The van der Waals surface area contributed by atoms with Gasteiger partial charge in [0.05, 0.1) is 28.2 Å². The van der Waals surface area contributed by atoms with Crippen molar-refractivity contribution >= 4 is 63.8 Å². The summed E-state index contributed by atoms with van der Waals surface area (Å²) in [6.07, 6.45) is 3.03. The van der Waals surface area contributed by atoms with E-state index in [1.807, 2.05) is 18.0 Å². The molecule has 1 aliphatic rings. The van der Waals surface area contributed by atoms with Crippen molar-refractivity contribution in [3.05, 3.63) is 71.1 Å². The summed E-state index contributed by atoms with van der Waals surface area (Å²) in [6, 6.07) is 11.9. The number of carbonyl (C=O) groups is 4. The number of benzene rings is 2. The molecule has 0 spiro atoms. The molecule has 17 nitrogen and oxygen atoms in total. The van der Waals surface area contributed by atoms with Crippen molar-refractivity contribution in [3.63, 3.8) is 0 Å². The smallest absolute Gasteiger partial charge is 0.409 e. The number of halogens is 1. The Morgan fingerprint density at radius 2 is 1.81 bits per heavy atom. The first kappa shape index (κ1) is 38.9. The fourth-order valence-corrected chi connectivity index (χ4v) is 6.25. The second-order valence-electron chi connectivity index (χ2n) is 12.9. The van der Waals surface area contributed by atoms with Gasteiger partial charge < -0.3 is 34.5 Å². The molecule has 1 fully saturated rings. The molecule has 0 unspecified atom stereocenters. The first-order valence-corrected chi connectivity index (χ1v) is 17.3. The van der Waals surface area contributed by atoms with Crippen molar-refractivity contribution in [1.82, 2.24) is 29.2 Å². The number of hydrogen-bond acceptors (Lipinski definition) is 12. The summed E-state index contributed by atoms with van der Waals surface area (Å²) in [5.41, 5.74) is 1.18. The average molecular weight is 759 g/mol. The van der Waals surface area contributed by atoms with E-state index in [9.17, 15) is 29.4 Å². The Hall–Kier alpha value is -6.28. The van der Waals surface area contributed by atoms with E-state index in [4.69, 9.17) is 21.6 Å². The van der Waals surface area contributed by atoms with Crippen LogP contribution in [0.3, 0.4) is 0 Å². The molecule has 54 heavy (non-hydrogen) atoms. The van der Waals surface area contributed by atoms with Gasteiger partial charge in [0.15, 0.2) is 5.65 Å². The van der Waals surface area contributed by atoms with Crippen LogP contribution >= 0.6 is 11.6 Å². The van der Waals surface area contributed by atoms with Crippen LogP contribution < -0.4 is 4.90 Å². The number of aromatic nitrogens is 3. The molecule has 1 saturated heterocycles. The van der Waals surface area contributed by atoms with Crippen molar-refractivity contribution in [3.8, 4) is 11.8 Å². The van der Waals surface area contributed by atoms with Crippen LogP contribution in [0.2, 0.25) is 5.02 Å². The number of nitriles is 1. The number of hydrogen-bond donors (Lipinski definition) is 2. The Bertz CT molecular complexity index is 2130. The topological polar surface area (TPSA) is 210 Å². The number of azo groups is 1. The van der Waals surface area contributed by atoms with Crippen LogP contribution in [0.5, 0.6) is 5.75 Å². The number of fused-ring (bicyclic) bond motifs is 1. The van der Waals surface area contributed by atoms with Gasteiger partial charge in [0.25, 0.3) is 0 Å². The number of piperidine rings is 1. The number of amides is 3. The van der Waals surface area contributed by atoms with Gasteiger partial charge in [0, 0.05) is 53.5 Å². The molecule has 5 rings (SSSR count). The minimum atomic E-state index is -1.30. The zero-order chi connectivity index (χ0) is 39.1. The number of carboxylic acid groups (broad SMARTS) is 1. The Labute approximate surface area is 315 Å². The fraction of sp³-hybridized carbons (Fsp3) is 0.361. The minimum absolute atomic E-state index is 0.0565. The van der Waals surface area contributed by atoms with Crippen LogP contribution in [-0.4, -0.2) is 117 Å². The van der Waals surface area contributed by atoms with Crippen LogP contribution in [-0.2, 0) is 16.1 Å². The lowest BCUT2D eigenvalue weighted by atomic mass is 9.92. The number of phenols is 1. The summed E-state index contributed by atoms with van der Waals surface area (Å²) in [7, 11) is 5.07. The van der Waals surface area contributed by atoms with E-state index < -0.39 is 17.8 Å². The molecule has 2 aromatic heterocycles. The molecule has 2 aromatic carbocycles. The lowest BCUT2D eigenvalue weighted by molar-refractivity contribution is -0.131. The molecule has 0 radical (unpaired) electrons. The number of carboxylic acids is 1. The minimum Gasteiger partial charge on any atom is -0.507 e. The first-order valence-electron chi connectivity index (χ1n) is 16.9. The molecule has 4 aromatic rings. The summed E-state index contributed by atoms with van der Waals surface area (Å²) in [4.78, 5) is 65.4. The lowest BCUT2D eigenvalue weighted by Crippen LogP contribution is -2.52. The summed E-state index contributed by atoms with van der Waals surface area (Å²) in [6.45, 7) is 3.44. The summed E-state index contributed by atoms with van der Waals surface area (Å²) in [5.74, 6) is -1.02. The molecular weight excluding hydrogens is 720 g/mol. The maximum atomic E-state index is 13.5. The highest BCUT2D eigenvalue weighted by molar-refractivity contribution is 6.33. The molecule has 2 atom stereocenters. The molecule has 3 heterocycles. The summed E-state index contributed by atoms with van der Waals surface area (Å²) < 4.78 is 6.86. The molecule has 18 heteroatoms. The van der Waals surface area contributed by atoms with Crippen LogP contribution in [0.4, 0.5) is 26.8 Å². The zero-order valence-corrected chi connectivity index (χ0v) is 30.8. The van der Waals surface area contributed by atoms with Crippen molar-refractivity contribution in [2.75, 3.05) is 52.2 Å². The third-order valence-electron chi connectivity index (χ3n) is 9.27. The second-order valence-corrected chi connectivity index (χ2v) is 13.3. The predicted molar refractivity (Wildman–Crippen MR) is 197 cm³/mol. The van der Waals surface area contributed by atoms with E-state index >= 15 is 0 Å². The predicted octanol–water partition coefficient (Wildman–Crippen LogP) is 5.66. The Morgan fingerprint density at radius 1 is 1.06 bits per heavy atom. The Kier molecular flexibility index (Phi) is 12.3. The van der Waals surface area contributed by atoms with Gasteiger partial charge in [-0.25, -0.2) is 24.4 Å². The van der Waals surface area contributed by atoms with Gasteiger partial charge in [-0.2, -0.15) is 10.4 Å². The van der Waals surface area contributed by atoms with Crippen LogP contribution in [0, 0.1) is 17.2 Å². The molecule has 282 valence electrons. The van der Waals surface area contributed by atoms with Crippen molar-refractivity contribution in [2.45, 2.75) is 32.4 Å². The molecular formula is C36H39ClN10O7. The number of ether oxygens (including phenoxy) is 1. The first-order chi connectivity index (χ1) is 25.8. The Morgan fingerprint density at radius 3 is 2.54 bits per heavy atom. The summed E-state index contributed by atoms with van der Waals surface area (Å²) in [5, 5.41) is 36.8. The number of likely N-dealkylation sites (tertiary alicyclic amines) is 1. The second kappa shape index (κ2) is 17.0. The largest absolute Gasteiger partial charge is 0.507 e. The van der Waals surface area contributed by atoms with Crippen molar-refractivity contribution in [1.29, 1.82) is 5.26 Å². The SMILES string of the molecule is C[C@@H]1CCN(C(=O)CC#N)C[C@@H]1N(C)c1ncnc2c1ccn2C(=O)N(C)CCN(C)C(=O)OCc1ccc(N=Nc2ccc(O)c(C(=O)O)c2)c(Cl)c1. The average Bonchev–Trinajstić information content (AvgIpc) is 3.60. The van der Waals surface area contributed by atoms with Gasteiger partial charge in [-0.3, -0.25) is 9.36 Å². The van der Waals surface area contributed by atoms with Gasteiger partial charge in [-0.1, -0.05) is 24.6 Å². The van der Waals surface area contributed by atoms with E-state index in [0.29, 0.717) is 41.2 Å². The number of rotatable bonds is 11. The molecule has 0 bridgehead atoms. The molecule has 0 saturated carbocycles. The van der Waals surface area contributed by atoms with E-state index in [1.165, 1.54) is 38.9 Å². The highest BCUT2D eigenvalue weighted by atomic mass is 35.5. The van der Waals surface area contributed by atoms with Crippen molar-refractivity contribution in [2.24, 2.45) is 16.1 Å². The van der Waals surface area contributed by atoms with E-state index in [-0.39, 0.29) is 66.3 Å². The third-order valence-corrected chi connectivity index (χ3v) is 9.57. The van der Waals surface area contributed by atoms with Gasteiger partial charge in [0.2, 0.25) is 5.91 Å². The zero-order valence-electron chi connectivity index (χ0n) is 30.1. The third kappa shape index (κ3) is 8.84. The molecule has 3 amide bonds. The standard InChI is InChI=1S/C36H39ClN10O7/c1-22-10-13-46(31(49)9-12-38)19-29(22)45(4)32-25-11-14-47(33(25)40-21-39-32)35(52)43(2)15-16-44(3)36(53)54-20-23-5-7-28(27(37)17-23)42-41-24-6-8-30(48)26(18-24)34(50)51/h5-8,11,14,17-18,21-22,29,48H,9-10,13,15-16,19-20H2,1-4H3,(H,50,51)/t22-,29+/m1/s1. The van der Waals surface area contributed by atoms with Gasteiger partial charge in [0.1, 0.15) is 42.2 Å². The van der Waals surface area contributed by atoms with Gasteiger partial charge >= 0.3 is 18.1 Å². The quantitative estimate of drug-likeness (QED) is 0.178. The van der Waals surface area contributed by atoms with E-state index in [2.05, 4.69) is 27.1 Å². The maximum absolute atomic E-state index is 13.5. The number of carbonyl (C=O) groups excluding carboxylic acids is 3. The maximum Gasteiger partial charge on any atom is 0.409 e. The number of likely N-dealkylation sites (N-methyl/N-ethyl adjacent to an activating group) is 3. The van der Waals surface area contributed by atoms with Gasteiger partial charge in [-0.05, 0) is 54.3 Å². The van der Waals surface area contributed by atoms with Crippen molar-refractivity contribution < 1.29 is 34.1 Å².